The van der Waals surface area contributed by atoms with Crippen LogP contribution in [0.15, 0.2) is 23.7 Å². The zero-order valence-electron chi connectivity index (χ0n) is 11.0. The summed E-state index contributed by atoms with van der Waals surface area (Å²) in [5, 5.41) is 25.6. The van der Waals surface area contributed by atoms with Crippen molar-refractivity contribution in [3.05, 3.63) is 29.3 Å². The van der Waals surface area contributed by atoms with Crippen molar-refractivity contribution in [1.82, 2.24) is 20.8 Å². The van der Waals surface area contributed by atoms with Gasteiger partial charge in [-0.25, -0.2) is 0 Å². The van der Waals surface area contributed by atoms with Crippen molar-refractivity contribution in [2.45, 2.75) is 12.6 Å². The number of aliphatic hydroxyl groups excluding tert-OH is 1. The van der Waals surface area contributed by atoms with E-state index in [2.05, 4.69) is 32.3 Å². The van der Waals surface area contributed by atoms with E-state index in [1.54, 1.807) is 11.3 Å². The molecule has 4 N–H and O–H groups in total. The van der Waals surface area contributed by atoms with Gasteiger partial charge in [-0.2, -0.15) is 5.10 Å². The van der Waals surface area contributed by atoms with Gasteiger partial charge in [-0.05, 0) is 11.4 Å². The fourth-order valence-corrected chi connectivity index (χ4v) is 3.15. The summed E-state index contributed by atoms with van der Waals surface area (Å²) < 4.78 is 0. The Morgan fingerprint density at radius 3 is 3.05 bits per heavy atom. The Bertz CT molecular complexity index is 516. The Morgan fingerprint density at radius 1 is 1.45 bits per heavy atom. The molecule has 110 valence electrons. The predicted molar refractivity (Wildman–Crippen MR) is 83.2 cm³/mol. The van der Waals surface area contributed by atoms with Crippen LogP contribution in [-0.2, 0) is 6.54 Å². The second kappa shape index (κ2) is 7.19. The Balaban J connectivity index is 0.00000147. The van der Waals surface area contributed by atoms with Gasteiger partial charge in [-0.1, -0.05) is 6.07 Å². The van der Waals surface area contributed by atoms with Gasteiger partial charge >= 0.3 is 0 Å². The van der Waals surface area contributed by atoms with E-state index in [1.807, 2.05) is 12.3 Å². The molecule has 3 rings (SSSR count). The maximum atomic E-state index is 9.73. The van der Waals surface area contributed by atoms with E-state index in [-0.39, 0.29) is 18.5 Å². The molecule has 2 aromatic rings. The van der Waals surface area contributed by atoms with Crippen LogP contribution in [0, 0.1) is 5.92 Å². The average molecular weight is 315 g/mol. The molecule has 1 fully saturated rings. The van der Waals surface area contributed by atoms with E-state index < -0.39 is 0 Å². The first-order chi connectivity index (χ1) is 9.34. The number of aromatic nitrogens is 2. The van der Waals surface area contributed by atoms with Crippen molar-refractivity contribution in [2.75, 3.05) is 19.6 Å². The third kappa shape index (κ3) is 3.39. The number of rotatable bonds is 5. The molecule has 0 bridgehead atoms. The van der Waals surface area contributed by atoms with Crippen LogP contribution in [0.2, 0.25) is 0 Å². The molecule has 1 saturated heterocycles. The molecular weight excluding hydrogens is 296 g/mol. The molecule has 0 spiro atoms. The number of halogens is 1. The lowest BCUT2D eigenvalue weighted by Crippen LogP contribution is -2.30. The highest BCUT2D eigenvalue weighted by molar-refractivity contribution is 7.13. The largest absolute Gasteiger partial charge is 0.391 e. The van der Waals surface area contributed by atoms with Crippen molar-refractivity contribution >= 4 is 23.7 Å². The van der Waals surface area contributed by atoms with E-state index in [4.69, 9.17) is 0 Å². The first-order valence-corrected chi connectivity index (χ1v) is 7.38. The first-order valence-electron chi connectivity index (χ1n) is 6.50. The van der Waals surface area contributed by atoms with Crippen molar-refractivity contribution in [2.24, 2.45) is 5.92 Å². The van der Waals surface area contributed by atoms with Crippen LogP contribution in [0.1, 0.15) is 5.56 Å². The Kier molecular flexibility index (Phi) is 5.56. The van der Waals surface area contributed by atoms with E-state index in [1.165, 1.54) is 10.4 Å². The summed E-state index contributed by atoms with van der Waals surface area (Å²) in [5.41, 5.74) is 2.26. The number of hydrogen-bond acceptors (Lipinski definition) is 5. The third-order valence-corrected chi connectivity index (χ3v) is 4.40. The van der Waals surface area contributed by atoms with Crippen LogP contribution < -0.4 is 10.6 Å². The minimum atomic E-state index is -0.228. The van der Waals surface area contributed by atoms with Gasteiger partial charge in [0, 0.05) is 37.7 Å². The van der Waals surface area contributed by atoms with E-state index in [9.17, 15) is 5.11 Å². The predicted octanol–water partition coefficient (Wildman–Crippen LogP) is 1.23. The standard InChI is InChI=1S/C13H18N4OS.ClH/c18-11-8-15-5-9(11)4-14-6-10-7-16-17-13(10)12-2-1-3-19-12;/h1-3,7,9,11,14-15,18H,4-6,8H2,(H,16,17);1H. The van der Waals surface area contributed by atoms with Gasteiger partial charge < -0.3 is 15.7 Å². The minimum Gasteiger partial charge on any atom is -0.391 e. The SMILES string of the molecule is Cl.OC1CNCC1CNCc1cn[nH]c1-c1cccs1. The van der Waals surface area contributed by atoms with Gasteiger partial charge in [0.1, 0.15) is 0 Å². The van der Waals surface area contributed by atoms with Gasteiger partial charge in [0.05, 0.1) is 22.9 Å². The second-order valence-electron chi connectivity index (χ2n) is 4.86. The molecule has 0 aromatic carbocycles. The minimum absolute atomic E-state index is 0. The summed E-state index contributed by atoms with van der Waals surface area (Å²) in [6.07, 6.45) is 1.64. The molecule has 0 saturated carbocycles. The summed E-state index contributed by atoms with van der Waals surface area (Å²) in [6.45, 7) is 3.19. The molecule has 20 heavy (non-hydrogen) atoms. The number of nitrogens with one attached hydrogen (secondary N) is 3. The number of hydrogen-bond donors (Lipinski definition) is 4. The second-order valence-corrected chi connectivity index (χ2v) is 5.81. The van der Waals surface area contributed by atoms with E-state index in [0.29, 0.717) is 12.5 Å². The quantitative estimate of drug-likeness (QED) is 0.670. The molecule has 5 nitrogen and oxygen atoms in total. The molecule has 0 aliphatic carbocycles. The van der Waals surface area contributed by atoms with Gasteiger partial charge in [0.25, 0.3) is 0 Å². The molecule has 1 aliphatic heterocycles. The van der Waals surface area contributed by atoms with Crippen LogP contribution in [0.3, 0.4) is 0 Å². The van der Waals surface area contributed by atoms with Gasteiger partial charge in [-0.15, -0.1) is 23.7 Å². The highest BCUT2D eigenvalue weighted by Crippen LogP contribution is 2.25. The third-order valence-electron chi connectivity index (χ3n) is 3.51. The lowest BCUT2D eigenvalue weighted by Gasteiger charge is -2.13. The van der Waals surface area contributed by atoms with Crippen molar-refractivity contribution in [3.63, 3.8) is 0 Å². The fourth-order valence-electron chi connectivity index (χ4n) is 2.40. The van der Waals surface area contributed by atoms with Gasteiger partial charge in [0.2, 0.25) is 0 Å². The number of aromatic amines is 1. The monoisotopic (exact) mass is 314 g/mol. The number of thiophene rings is 1. The van der Waals surface area contributed by atoms with Gasteiger partial charge in [-0.3, -0.25) is 5.10 Å². The molecule has 2 unspecified atom stereocenters. The lowest BCUT2D eigenvalue weighted by atomic mass is 10.1. The number of nitrogens with zero attached hydrogens (tertiary/aromatic N) is 1. The smallest absolute Gasteiger partial charge is 0.0794 e. The molecule has 3 heterocycles. The summed E-state index contributed by atoms with van der Waals surface area (Å²) in [5.74, 6) is 0.303. The maximum absolute atomic E-state index is 9.73. The average Bonchev–Trinajstić information content (AvgIpc) is 3.11. The van der Waals surface area contributed by atoms with Gasteiger partial charge in [0.15, 0.2) is 0 Å². The van der Waals surface area contributed by atoms with Crippen molar-refractivity contribution < 1.29 is 5.11 Å². The number of β-amino-alcohol motifs (C(OH)–C–C–N with tert-alkyl or cyclic N) is 1. The molecule has 0 radical (unpaired) electrons. The van der Waals surface area contributed by atoms with E-state index in [0.717, 1.165) is 25.3 Å². The normalized spacial score (nSPS) is 21.9. The van der Waals surface area contributed by atoms with Crippen molar-refractivity contribution in [3.8, 4) is 10.6 Å². The Labute approximate surface area is 128 Å². The molecule has 1 aliphatic rings. The van der Waals surface area contributed by atoms with Crippen molar-refractivity contribution in [1.29, 1.82) is 0 Å². The molecule has 7 heteroatoms. The van der Waals surface area contributed by atoms with Crippen LogP contribution in [0.4, 0.5) is 0 Å². The topological polar surface area (TPSA) is 73.0 Å². The highest BCUT2D eigenvalue weighted by atomic mass is 35.5. The fraction of sp³-hybridized carbons (Fsp3) is 0.462. The van der Waals surface area contributed by atoms with Crippen LogP contribution in [0.25, 0.3) is 10.6 Å². The number of aliphatic hydroxyl groups is 1. The van der Waals surface area contributed by atoms with Crippen LogP contribution >= 0.6 is 23.7 Å². The molecular formula is C13H19ClN4OS. The molecule has 2 atom stereocenters. The van der Waals surface area contributed by atoms with Crippen LogP contribution in [0.5, 0.6) is 0 Å². The zero-order chi connectivity index (χ0) is 13.1. The number of H-pyrrole nitrogens is 1. The maximum Gasteiger partial charge on any atom is 0.0794 e. The van der Waals surface area contributed by atoms with E-state index >= 15 is 0 Å². The summed E-state index contributed by atoms with van der Waals surface area (Å²) >= 11 is 1.70. The Morgan fingerprint density at radius 2 is 2.35 bits per heavy atom. The summed E-state index contributed by atoms with van der Waals surface area (Å²) in [7, 11) is 0. The van der Waals surface area contributed by atoms with Crippen LogP contribution in [-0.4, -0.2) is 41.0 Å². The first kappa shape index (κ1) is 15.5. The Hall–Kier alpha value is -0.920. The lowest BCUT2D eigenvalue weighted by molar-refractivity contribution is 0.146. The zero-order valence-corrected chi connectivity index (χ0v) is 12.6. The summed E-state index contributed by atoms with van der Waals surface area (Å²) in [4.78, 5) is 1.21. The molecule has 2 aromatic heterocycles. The molecule has 0 amide bonds. The highest BCUT2D eigenvalue weighted by Gasteiger charge is 2.24. The summed E-state index contributed by atoms with van der Waals surface area (Å²) in [6, 6.07) is 4.13.